The van der Waals surface area contributed by atoms with E-state index < -0.39 is 35.7 Å². The number of rotatable bonds is 7. The summed E-state index contributed by atoms with van der Waals surface area (Å²) >= 11 is 0. The van der Waals surface area contributed by atoms with Crippen LogP contribution in [0.1, 0.15) is 46.0 Å². The SMILES string of the molecule is COc1c2c(c(O)c3c4c(c(C)cc13)C1OC3(C(OC)OCCN)OC1[C@@](OC)(O4)[C@@]31CO1)C(=O)CCC2. The number of benzene rings is 2. The molecule has 2 aromatic rings. The third-order valence-electron chi connectivity index (χ3n) is 8.70. The maximum absolute atomic E-state index is 13.0. The fraction of sp³-hybridized carbons (Fsp3) is 0.593. The molecule has 11 nitrogen and oxygen atoms in total. The van der Waals surface area contributed by atoms with Crippen molar-refractivity contribution < 1.29 is 47.8 Å². The summed E-state index contributed by atoms with van der Waals surface area (Å²) in [5.41, 5.74) is 7.00. The number of carbonyl (C=O) groups is 1. The Balaban J connectivity index is 1.49. The van der Waals surface area contributed by atoms with Crippen LogP contribution in [-0.2, 0) is 34.8 Å². The fourth-order valence-corrected chi connectivity index (χ4v) is 7.12. The van der Waals surface area contributed by atoms with Crippen molar-refractivity contribution >= 4 is 16.6 Å². The average molecular weight is 530 g/mol. The maximum atomic E-state index is 13.0. The van der Waals surface area contributed by atoms with Crippen LogP contribution in [0.3, 0.4) is 0 Å². The van der Waals surface area contributed by atoms with Crippen molar-refractivity contribution in [2.24, 2.45) is 5.73 Å². The summed E-state index contributed by atoms with van der Waals surface area (Å²) in [5.74, 6) is -2.26. The van der Waals surface area contributed by atoms with Crippen LogP contribution in [0.4, 0.5) is 0 Å². The number of methoxy groups -OCH3 is 3. The zero-order valence-electron chi connectivity index (χ0n) is 21.8. The molecule has 2 aromatic carbocycles. The van der Waals surface area contributed by atoms with Gasteiger partial charge in [0, 0.05) is 43.7 Å². The third kappa shape index (κ3) is 2.61. The number of aromatic hydroxyl groups is 1. The molecule has 3 fully saturated rings. The van der Waals surface area contributed by atoms with Gasteiger partial charge in [-0.3, -0.25) is 4.79 Å². The Morgan fingerprint density at radius 3 is 2.68 bits per heavy atom. The Kier molecular flexibility index (Phi) is 5.17. The number of ether oxygens (including phenoxy) is 8. The van der Waals surface area contributed by atoms with Crippen LogP contribution in [0.2, 0.25) is 0 Å². The molecule has 1 spiro atoms. The molecule has 3 N–H and O–H groups in total. The second kappa shape index (κ2) is 8.01. The molecule has 7 rings (SSSR count). The largest absolute Gasteiger partial charge is 0.506 e. The molecule has 5 aliphatic rings. The minimum Gasteiger partial charge on any atom is -0.506 e. The molecule has 0 radical (unpaired) electrons. The van der Waals surface area contributed by atoms with Crippen molar-refractivity contribution in [3.8, 4) is 17.2 Å². The van der Waals surface area contributed by atoms with Gasteiger partial charge < -0.3 is 48.7 Å². The van der Waals surface area contributed by atoms with Gasteiger partial charge in [0.25, 0.3) is 11.6 Å². The van der Waals surface area contributed by atoms with Crippen molar-refractivity contribution in [2.45, 2.75) is 61.9 Å². The molecule has 4 unspecified atom stereocenters. The number of phenols is 1. The molecule has 3 saturated heterocycles. The van der Waals surface area contributed by atoms with E-state index >= 15 is 0 Å². The maximum Gasteiger partial charge on any atom is 0.277 e. The normalized spacial score (nSPS) is 34.8. The molecule has 11 heteroatoms. The number of fused-ring (bicyclic) bond motifs is 8. The smallest absolute Gasteiger partial charge is 0.277 e. The molecule has 204 valence electrons. The lowest BCUT2D eigenvalue weighted by Gasteiger charge is -2.49. The van der Waals surface area contributed by atoms with Gasteiger partial charge >= 0.3 is 0 Å². The van der Waals surface area contributed by atoms with Crippen LogP contribution in [0.25, 0.3) is 10.8 Å². The van der Waals surface area contributed by atoms with Crippen LogP contribution >= 0.6 is 0 Å². The number of aryl methyl sites for hydroxylation is 1. The molecular formula is C27H31NO10. The Morgan fingerprint density at radius 1 is 1.24 bits per heavy atom. The molecule has 0 saturated carbocycles. The van der Waals surface area contributed by atoms with E-state index in [0.717, 1.165) is 5.56 Å². The van der Waals surface area contributed by atoms with Gasteiger partial charge in [-0.25, -0.2) is 0 Å². The molecule has 0 aromatic heterocycles. The predicted molar refractivity (Wildman–Crippen MR) is 130 cm³/mol. The van der Waals surface area contributed by atoms with Crippen LogP contribution in [0, 0.1) is 6.92 Å². The van der Waals surface area contributed by atoms with E-state index in [4.69, 9.17) is 43.6 Å². The van der Waals surface area contributed by atoms with Crippen molar-refractivity contribution in [2.75, 3.05) is 41.1 Å². The van der Waals surface area contributed by atoms with Crippen LogP contribution < -0.4 is 15.2 Å². The van der Waals surface area contributed by atoms with Gasteiger partial charge in [0.05, 0.1) is 31.3 Å². The number of epoxide rings is 1. The highest BCUT2D eigenvalue weighted by Crippen LogP contribution is 2.72. The summed E-state index contributed by atoms with van der Waals surface area (Å²) in [6.45, 7) is 2.64. The van der Waals surface area contributed by atoms with Gasteiger partial charge in [-0.1, -0.05) is 0 Å². The van der Waals surface area contributed by atoms with Crippen LogP contribution in [0.15, 0.2) is 6.07 Å². The number of carbonyl (C=O) groups excluding carboxylic acids is 1. The lowest BCUT2D eigenvalue weighted by molar-refractivity contribution is -0.351. The first-order valence-electron chi connectivity index (χ1n) is 12.8. The fourth-order valence-electron chi connectivity index (χ4n) is 7.12. The molecule has 1 aliphatic carbocycles. The van der Waals surface area contributed by atoms with Crippen LogP contribution in [-0.4, -0.2) is 81.5 Å². The van der Waals surface area contributed by atoms with E-state index in [0.29, 0.717) is 52.7 Å². The second-order valence-electron chi connectivity index (χ2n) is 10.4. The van der Waals surface area contributed by atoms with Crippen molar-refractivity contribution in [1.82, 2.24) is 0 Å². The highest BCUT2D eigenvalue weighted by atomic mass is 16.9. The predicted octanol–water partition coefficient (Wildman–Crippen LogP) is 2.00. The molecule has 6 atom stereocenters. The standard InChI is InChI=1S/C27H31NO10/c1-12-10-14-18(19(30)17-13(20(14)31-2)6-5-7-15(17)29)21-16(12)22-23-26(33-4,36-21)25(11-35-25)27(37-22,38-23)24(32-3)34-9-8-28/h10,22-24,30H,5-9,11,28H2,1-4H3/t22?,23?,24?,25-,26+,27?/m0/s1. The summed E-state index contributed by atoms with van der Waals surface area (Å²) in [7, 11) is 4.59. The number of nitrogens with two attached hydrogens (primary N) is 1. The average Bonchev–Trinajstić information content (AvgIpc) is 3.57. The van der Waals surface area contributed by atoms with Crippen molar-refractivity contribution in [3.05, 3.63) is 28.3 Å². The van der Waals surface area contributed by atoms with Gasteiger partial charge in [-0.15, -0.1) is 0 Å². The summed E-state index contributed by atoms with van der Waals surface area (Å²) in [4.78, 5) is 13.0. The Labute approximate surface area is 218 Å². The van der Waals surface area contributed by atoms with Crippen molar-refractivity contribution in [3.63, 3.8) is 0 Å². The monoisotopic (exact) mass is 529 g/mol. The summed E-state index contributed by atoms with van der Waals surface area (Å²) < 4.78 is 49.6. The van der Waals surface area contributed by atoms with E-state index in [1.165, 1.54) is 14.2 Å². The zero-order valence-corrected chi connectivity index (χ0v) is 21.8. The highest BCUT2D eigenvalue weighted by molar-refractivity contribution is 6.11. The first kappa shape index (κ1) is 24.5. The third-order valence-corrected chi connectivity index (χ3v) is 8.70. The zero-order chi connectivity index (χ0) is 26.6. The highest BCUT2D eigenvalue weighted by Gasteiger charge is 2.93. The first-order valence-corrected chi connectivity index (χ1v) is 12.8. The Hall–Kier alpha value is -2.51. The minimum atomic E-state index is -1.48. The summed E-state index contributed by atoms with van der Waals surface area (Å²) in [5, 5.41) is 12.6. The number of ketones is 1. The molecule has 4 aliphatic heterocycles. The molecule has 38 heavy (non-hydrogen) atoms. The van der Waals surface area contributed by atoms with E-state index in [2.05, 4.69) is 0 Å². The van der Waals surface area contributed by atoms with Gasteiger partial charge in [-0.05, 0) is 31.4 Å². The Bertz CT molecular complexity index is 1370. The lowest BCUT2D eigenvalue weighted by Crippen LogP contribution is -2.70. The first-order chi connectivity index (χ1) is 18.3. The second-order valence-corrected chi connectivity index (χ2v) is 10.4. The Morgan fingerprint density at radius 2 is 2.03 bits per heavy atom. The van der Waals surface area contributed by atoms with Crippen molar-refractivity contribution in [1.29, 1.82) is 0 Å². The molecule has 0 amide bonds. The number of hydrogen-bond donors (Lipinski definition) is 2. The topological polar surface area (TPSA) is 140 Å². The van der Waals surface area contributed by atoms with E-state index in [-0.39, 0.29) is 36.9 Å². The number of Topliss-reactive ketones (excluding diaryl/α,β-unsaturated/α-hetero) is 1. The molecule has 2 bridgehead atoms. The van der Waals surface area contributed by atoms with E-state index in [1.54, 1.807) is 7.11 Å². The summed E-state index contributed by atoms with van der Waals surface area (Å²) in [6, 6.07) is 1.93. The molecule has 4 heterocycles. The quantitative estimate of drug-likeness (QED) is 0.402. The van der Waals surface area contributed by atoms with Gasteiger partial charge in [-0.2, -0.15) is 0 Å². The van der Waals surface area contributed by atoms with E-state index in [1.807, 2.05) is 13.0 Å². The van der Waals surface area contributed by atoms with Gasteiger partial charge in [0.1, 0.15) is 23.4 Å². The number of phenolic OH excluding ortho intramolecular Hbond substituents is 1. The van der Waals surface area contributed by atoms with Gasteiger partial charge in [0.15, 0.2) is 11.9 Å². The van der Waals surface area contributed by atoms with Gasteiger partial charge in [0.2, 0.25) is 11.9 Å². The van der Waals surface area contributed by atoms with E-state index in [9.17, 15) is 9.90 Å². The lowest BCUT2D eigenvalue weighted by atomic mass is 9.78. The minimum absolute atomic E-state index is 0.126. The van der Waals surface area contributed by atoms with Crippen LogP contribution in [0.5, 0.6) is 17.2 Å². The number of hydrogen-bond acceptors (Lipinski definition) is 11. The summed E-state index contributed by atoms with van der Waals surface area (Å²) in [6.07, 6.45) is -0.661. The molecular weight excluding hydrogens is 498 g/mol.